The predicted octanol–water partition coefficient (Wildman–Crippen LogP) is 9.45. The maximum Gasteiger partial charge on any atom is 0.140 e. The van der Waals surface area contributed by atoms with Crippen molar-refractivity contribution in [1.82, 2.24) is 4.98 Å². The summed E-state index contributed by atoms with van der Waals surface area (Å²) in [6.07, 6.45) is 11.9. The second-order valence-electron chi connectivity index (χ2n) is 10.8. The predicted molar refractivity (Wildman–Crippen MR) is 167 cm³/mol. The van der Waals surface area contributed by atoms with Crippen molar-refractivity contribution in [2.75, 3.05) is 18.0 Å². The fourth-order valence-corrected chi connectivity index (χ4v) is 6.84. The summed E-state index contributed by atoms with van der Waals surface area (Å²) in [5, 5.41) is 3.04. The Labute approximate surface area is 243 Å². The van der Waals surface area contributed by atoms with Crippen LogP contribution in [-0.4, -0.2) is 24.3 Å². The zero-order valence-corrected chi connectivity index (χ0v) is 24.6. The summed E-state index contributed by atoms with van der Waals surface area (Å²) in [4.78, 5) is 12.0. The average Bonchev–Trinajstić information content (AvgIpc) is 3.46. The van der Waals surface area contributed by atoms with Crippen molar-refractivity contribution in [1.29, 1.82) is 0 Å². The smallest absolute Gasteiger partial charge is 0.140 e. The molecule has 4 nitrogen and oxygen atoms in total. The molecule has 0 amide bonds. The first-order chi connectivity index (χ1) is 19.1. The lowest BCUT2D eigenvalue weighted by molar-refractivity contribution is 0.144. The molecule has 1 saturated heterocycles. The van der Waals surface area contributed by atoms with E-state index in [2.05, 4.69) is 62.6 Å². The minimum absolute atomic E-state index is 0.464. The number of anilines is 1. The SMILES string of the molecule is Brc1ccc(OCc2nc(-c3ccc(N=Cc4ccc(N5CCC6(CCCCC6)CC5)cc4)cc3)cs2)cc1. The second kappa shape index (κ2) is 12.1. The Kier molecular flexibility index (Phi) is 8.12. The molecule has 2 heterocycles. The largest absolute Gasteiger partial charge is 0.486 e. The van der Waals surface area contributed by atoms with Gasteiger partial charge in [0.05, 0.1) is 11.4 Å². The van der Waals surface area contributed by atoms with E-state index in [-0.39, 0.29) is 0 Å². The van der Waals surface area contributed by atoms with Crippen LogP contribution in [0.4, 0.5) is 11.4 Å². The first-order valence-corrected chi connectivity index (χ1v) is 15.6. The highest BCUT2D eigenvalue weighted by Gasteiger charge is 2.35. The van der Waals surface area contributed by atoms with Crippen LogP contribution in [0.2, 0.25) is 0 Å². The second-order valence-corrected chi connectivity index (χ2v) is 12.7. The van der Waals surface area contributed by atoms with E-state index in [0.717, 1.165) is 37.7 Å². The summed E-state index contributed by atoms with van der Waals surface area (Å²) >= 11 is 5.06. The molecule has 0 radical (unpaired) electrons. The maximum absolute atomic E-state index is 5.86. The van der Waals surface area contributed by atoms with Gasteiger partial charge in [0.25, 0.3) is 0 Å². The summed E-state index contributed by atoms with van der Waals surface area (Å²) in [7, 11) is 0. The van der Waals surface area contributed by atoms with Crippen LogP contribution in [0.3, 0.4) is 0 Å². The Hall–Kier alpha value is -2.96. The van der Waals surface area contributed by atoms with E-state index in [9.17, 15) is 0 Å². The molecule has 0 bridgehead atoms. The summed E-state index contributed by atoms with van der Waals surface area (Å²) in [6.45, 7) is 2.85. The van der Waals surface area contributed by atoms with E-state index in [1.165, 1.54) is 63.7 Å². The van der Waals surface area contributed by atoms with Crippen LogP contribution >= 0.6 is 27.3 Å². The topological polar surface area (TPSA) is 37.7 Å². The van der Waals surface area contributed by atoms with Crippen molar-refractivity contribution in [2.45, 2.75) is 51.6 Å². The van der Waals surface area contributed by atoms with Crippen molar-refractivity contribution in [3.63, 3.8) is 0 Å². The van der Waals surface area contributed by atoms with E-state index < -0.39 is 0 Å². The summed E-state index contributed by atoms with van der Waals surface area (Å²) in [5.41, 5.74) is 6.10. The number of hydrogen-bond acceptors (Lipinski definition) is 5. The third-order valence-electron chi connectivity index (χ3n) is 8.25. The fraction of sp³-hybridized carbons (Fsp3) is 0.333. The standard InChI is InChI=1S/C33H34BrN3OS/c34-27-8-14-30(15-9-27)38-23-32-36-31(24-39-32)26-6-10-28(11-7-26)35-22-25-4-12-29(13-5-25)37-20-18-33(19-21-37)16-2-1-3-17-33/h4-15,22,24H,1-3,16-21,23H2. The van der Waals surface area contributed by atoms with Crippen LogP contribution in [0.25, 0.3) is 11.3 Å². The number of aliphatic imine (C=N–C) groups is 1. The van der Waals surface area contributed by atoms with Gasteiger partial charge in [-0.05, 0) is 85.2 Å². The number of hydrogen-bond donors (Lipinski definition) is 0. The average molecular weight is 601 g/mol. The number of thiazole rings is 1. The molecule has 6 rings (SSSR count). The lowest BCUT2D eigenvalue weighted by Crippen LogP contribution is -2.41. The number of piperidine rings is 1. The fourth-order valence-electron chi connectivity index (χ4n) is 5.87. The molecule has 0 N–H and O–H groups in total. The van der Waals surface area contributed by atoms with Gasteiger partial charge in [-0.3, -0.25) is 4.99 Å². The molecule has 39 heavy (non-hydrogen) atoms. The van der Waals surface area contributed by atoms with Crippen molar-refractivity contribution in [3.05, 3.63) is 93.2 Å². The van der Waals surface area contributed by atoms with Gasteiger partial charge >= 0.3 is 0 Å². The summed E-state index contributed by atoms with van der Waals surface area (Å²) in [5.74, 6) is 0.839. The minimum Gasteiger partial charge on any atom is -0.486 e. The van der Waals surface area contributed by atoms with Gasteiger partial charge in [-0.2, -0.15) is 0 Å². The van der Waals surface area contributed by atoms with E-state index in [1.54, 1.807) is 11.3 Å². The lowest BCUT2D eigenvalue weighted by atomic mass is 9.68. The molecular formula is C33H34BrN3OS. The van der Waals surface area contributed by atoms with Crippen LogP contribution in [0.1, 0.15) is 55.5 Å². The molecule has 1 saturated carbocycles. The maximum atomic E-state index is 5.86. The van der Waals surface area contributed by atoms with E-state index in [0.29, 0.717) is 12.0 Å². The Balaban J connectivity index is 1.02. The molecule has 3 aromatic carbocycles. The number of nitrogens with zero attached hydrogens (tertiary/aromatic N) is 3. The molecule has 1 aliphatic carbocycles. The summed E-state index contributed by atoms with van der Waals surface area (Å²) < 4.78 is 6.90. The number of aromatic nitrogens is 1. The molecule has 4 aromatic rings. The Bertz CT molecular complexity index is 1380. The van der Waals surface area contributed by atoms with E-state index in [1.807, 2.05) is 42.6 Å². The van der Waals surface area contributed by atoms with Crippen LogP contribution in [0, 0.1) is 5.41 Å². The molecule has 2 aliphatic rings. The van der Waals surface area contributed by atoms with Gasteiger partial charge in [0.1, 0.15) is 17.4 Å². The quantitative estimate of drug-likeness (QED) is 0.198. The van der Waals surface area contributed by atoms with Gasteiger partial charge in [0, 0.05) is 40.4 Å². The van der Waals surface area contributed by atoms with Crippen molar-refractivity contribution in [3.8, 4) is 17.0 Å². The molecule has 1 spiro atoms. The number of halogens is 1. The highest BCUT2D eigenvalue weighted by Crippen LogP contribution is 2.45. The molecule has 1 aliphatic heterocycles. The molecule has 0 atom stereocenters. The van der Waals surface area contributed by atoms with Crippen LogP contribution in [0.15, 0.2) is 87.6 Å². The zero-order valence-electron chi connectivity index (χ0n) is 22.2. The molecular weight excluding hydrogens is 566 g/mol. The first kappa shape index (κ1) is 26.3. The highest BCUT2D eigenvalue weighted by molar-refractivity contribution is 9.10. The Morgan fingerprint density at radius 2 is 1.59 bits per heavy atom. The minimum atomic E-state index is 0.464. The lowest BCUT2D eigenvalue weighted by Gasteiger charge is -2.45. The van der Waals surface area contributed by atoms with Crippen LogP contribution < -0.4 is 9.64 Å². The highest BCUT2D eigenvalue weighted by atomic mass is 79.9. The van der Waals surface area contributed by atoms with E-state index in [4.69, 9.17) is 14.7 Å². The number of benzene rings is 3. The van der Waals surface area contributed by atoms with Gasteiger partial charge in [0.2, 0.25) is 0 Å². The third kappa shape index (κ3) is 6.62. The van der Waals surface area contributed by atoms with Crippen LogP contribution in [-0.2, 0) is 6.61 Å². The van der Waals surface area contributed by atoms with Gasteiger partial charge < -0.3 is 9.64 Å². The number of ether oxygens (including phenoxy) is 1. The van der Waals surface area contributed by atoms with Crippen molar-refractivity contribution >= 4 is 44.9 Å². The van der Waals surface area contributed by atoms with Gasteiger partial charge in [-0.15, -0.1) is 11.3 Å². The van der Waals surface area contributed by atoms with Crippen molar-refractivity contribution < 1.29 is 4.74 Å². The normalized spacial score (nSPS) is 17.1. The Morgan fingerprint density at radius 1 is 0.872 bits per heavy atom. The number of rotatable bonds is 7. The molecule has 2 fully saturated rings. The molecule has 1 aromatic heterocycles. The molecule has 0 unspecified atom stereocenters. The van der Waals surface area contributed by atoms with Crippen LogP contribution in [0.5, 0.6) is 5.75 Å². The van der Waals surface area contributed by atoms with Gasteiger partial charge in [0.15, 0.2) is 0 Å². The third-order valence-corrected chi connectivity index (χ3v) is 9.60. The Morgan fingerprint density at radius 3 is 2.31 bits per heavy atom. The summed E-state index contributed by atoms with van der Waals surface area (Å²) in [6, 6.07) is 25.0. The monoisotopic (exact) mass is 599 g/mol. The van der Waals surface area contributed by atoms with Crippen molar-refractivity contribution in [2.24, 2.45) is 10.4 Å². The van der Waals surface area contributed by atoms with Gasteiger partial charge in [-0.25, -0.2) is 4.98 Å². The first-order valence-electron chi connectivity index (χ1n) is 14.0. The molecule has 200 valence electrons. The van der Waals surface area contributed by atoms with E-state index >= 15 is 0 Å². The zero-order chi connectivity index (χ0) is 26.5. The van der Waals surface area contributed by atoms with Gasteiger partial charge in [-0.1, -0.05) is 59.5 Å². The molecule has 6 heteroatoms.